The molecule has 0 spiro atoms. The van der Waals surface area contributed by atoms with Crippen LogP contribution in [0.3, 0.4) is 0 Å². The number of carbonyl (C=O) groups is 2. The van der Waals surface area contributed by atoms with E-state index in [-0.39, 0.29) is 18.1 Å². The summed E-state index contributed by atoms with van der Waals surface area (Å²) >= 11 is 0. The second-order valence-electron chi connectivity index (χ2n) is 4.81. The highest BCUT2D eigenvalue weighted by Gasteiger charge is 2.43. The van der Waals surface area contributed by atoms with E-state index in [1.165, 1.54) is 12.1 Å². The topological polar surface area (TPSA) is 134 Å². The maximum absolute atomic E-state index is 11.6. The van der Waals surface area contributed by atoms with Crippen LogP contribution in [0.15, 0.2) is 18.2 Å². The van der Waals surface area contributed by atoms with Crippen molar-refractivity contribution in [3.8, 4) is 11.5 Å². The molecule has 22 heavy (non-hydrogen) atoms. The first-order chi connectivity index (χ1) is 10.4. The average Bonchev–Trinajstić information content (AvgIpc) is 2.51. The van der Waals surface area contributed by atoms with Crippen LogP contribution in [0.2, 0.25) is 0 Å². The predicted molar refractivity (Wildman–Crippen MR) is 71.2 cm³/mol. The first-order valence-electron chi connectivity index (χ1n) is 6.59. The van der Waals surface area contributed by atoms with Gasteiger partial charge in [-0.25, -0.2) is 0 Å². The van der Waals surface area contributed by atoms with Crippen LogP contribution in [0.25, 0.3) is 0 Å². The van der Waals surface area contributed by atoms with Crippen molar-refractivity contribution >= 4 is 11.6 Å². The Labute approximate surface area is 125 Å². The summed E-state index contributed by atoms with van der Waals surface area (Å²) in [6.07, 6.45) is -4.07. The molecule has 120 valence electrons. The van der Waals surface area contributed by atoms with Crippen LogP contribution in [-0.2, 0) is 25.5 Å². The maximum Gasteiger partial charge on any atom is 0.257 e. The maximum atomic E-state index is 11.6. The lowest BCUT2D eigenvalue weighted by molar-refractivity contribution is -0.217. The SMILES string of the molecule is O=C1C(=O)C(O)C(CO)OC1OCCc1ccc(O)c(O)c1. The standard InChI is InChI=1S/C14H16O8/c15-6-10-11(18)12(19)13(20)14(22-10)21-4-3-7-1-2-8(16)9(17)5-7/h1-2,5,10-11,14-18H,3-4,6H2. The number of hydrogen-bond acceptors (Lipinski definition) is 8. The minimum Gasteiger partial charge on any atom is -0.504 e. The summed E-state index contributed by atoms with van der Waals surface area (Å²) in [6, 6.07) is 4.22. The molecular weight excluding hydrogens is 296 g/mol. The molecule has 0 bridgehead atoms. The first kappa shape index (κ1) is 16.4. The van der Waals surface area contributed by atoms with Gasteiger partial charge in [0, 0.05) is 0 Å². The second kappa shape index (κ2) is 6.84. The van der Waals surface area contributed by atoms with Crippen molar-refractivity contribution < 1.29 is 39.5 Å². The number of carbonyl (C=O) groups excluding carboxylic acids is 2. The monoisotopic (exact) mass is 312 g/mol. The Balaban J connectivity index is 1.91. The van der Waals surface area contributed by atoms with Crippen LogP contribution < -0.4 is 0 Å². The average molecular weight is 312 g/mol. The molecule has 1 heterocycles. The van der Waals surface area contributed by atoms with Gasteiger partial charge >= 0.3 is 0 Å². The van der Waals surface area contributed by atoms with Crippen molar-refractivity contribution in [2.45, 2.75) is 24.9 Å². The van der Waals surface area contributed by atoms with Gasteiger partial charge in [0.25, 0.3) is 5.78 Å². The summed E-state index contributed by atoms with van der Waals surface area (Å²) in [5.41, 5.74) is 0.642. The Morgan fingerprint density at radius 2 is 1.86 bits per heavy atom. The number of rotatable bonds is 5. The third kappa shape index (κ3) is 3.42. The molecule has 0 radical (unpaired) electrons. The van der Waals surface area contributed by atoms with Crippen LogP contribution in [0.4, 0.5) is 0 Å². The third-order valence-electron chi connectivity index (χ3n) is 3.26. The minimum atomic E-state index is -1.69. The molecule has 1 fully saturated rings. The summed E-state index contributed by atoms with van der Waals surface area (Å²) in [5.74, 6) is -2.59. The van der Waals surface area contributed by atoms with E-state index in [1.54, 1.807) is 6.07 Å². The molecule has 8 heteroatoms. The van der Waals surface area contributed by atoms with E-state index in [1.807, 2.05) is 0 Å². The van der Waals surface area contributed by atoms with E-state index in [2.05, 4.69) is 0 Å². The Hall–Kier alpha value is -2.00. The number of phenols is 2. The van der Waals surface area contributed by atoms with Gasteiger partial charge in [-0.1, -0.05) is 6.07 Å². The van der Waals surface area contributed by atoms with E-state index in [0.29, 0.717) is 12.0 Å². The van der Waals surface area contributed by atoms with Crippen molar-refractivity contribution in [3.63, 3.8) is 0 Å². The molecule has 0 aromatic heterocycles. The lowest BCUT2D eigenvalue weighted by atomic mass is 10.0. The van der Waals surface area contributed by atoms with E-state index in [9.17, 15) is 24.9 Å². The lowest BCUT2D eigenvalue weighted by Crippen LogP contribution is -2.54. The molecule has 1 aliphatic heterocycles. The van der Waals surface area contributed by atoms with Gasteiger partial charge in [-0.15, -0.1) is 0 Å². The summed E-state index contributed by atoms with van der Waals surface area (Å²) in [5, 5.41) is 36.9. The van der Waals surface area contributed by atoms with Crippen molar-refractivity contribution in [1.29, 1.82) is 0 Å². The van der Waals surface area contributed by atoms with Crippen LogP contribution in [-0.4, -0.2) is 63.7 Å². The number of aliphatic hydroxyl groups is 2. The summed E-state index contributed by atoms with van der Waals surface area (Å²) in [7, 11) is 0. The molecule has 4 N–H and O–H groups in total. The number of benzene rings is 1. The largest absolute Gasteiger partial charge is 0.504 e. The van der Waals surface area contributed by atoms with Crippen LogP contribution in [0, 0.1) is 0 Å². The van der Waals surface area contributed by atoms with Gasteiger partial charge in [0.2, 0.25) is 12.1 Å². The molecule has 8 nitrogen and oxygen atoms in total. The second-order valence-corrected chi connectivity index (χ2v) is 4.81. The lowest BCUT2D eigenvalue weighted by Gasteiger charge is -2.30. The molecule has 1 aliphatic rings. The number of hydrogen-bond donors (Lipinski definition) is 4. The van der Waals surface area contributed by atoms with Gasteiger partial charge in [0.15, 0.2) is 11.5 Å². The fourth-order valence-electron chi connectivity index (χ4n) is 1.99. The Bertz CT molecular complexity index is 570. The molecule has 1 saturated heterocycles. The fraction of sp³-hybridized carbons (Fsp3) is 0.429. The summed E-state index contributed by atoms with van der Waals surface area (Å²) in [6.45, 7) is -0.617. The Morgan fingerprint density at radius 1 is 1.14 bits per heavy atom. The minimum absolute atomic E-state index is 0.00213. The predicted octanol–water partition coefficient (Wildman–Crippen LogP) is -1.13. The normalized spacial score (nSPS) is 25.5. The highest BCUT2D eigenvalue weighted by atomic mass is 16.7. The highest BCUT2D eigenvalue weighted by molar-refractivity contribution is 6.40. The molecule has 1 aromatic carbocycles. The number of phenolic OH excluding ortho intramolecular Hbond substituents is 2. The van der Waals surface area contributed by atoms with Gasteiger partial charge in [-0.05, 0) is 24.1 Å². The smallest absolute Gasteiger partial charge is 0.257 e. The van der Waals surface area contributed by atoms with Gasteiger partial charge in [0.1, 0.15) is 12.2 Å². The molecule has 0 aliphatic carbocycles. The van der Waals surface area contributed by atoms with Crippen molar-refractivity contribution in [1.82, 2.24) is 0 Å². The van der Waals surface area contributed by atoms with Gasteiger partial charge in [-0.3, -0.25) is 9.59 Å². The molecular formula is C14H16O8. The van der Waals surface area contributed by atoms with E-state index in [4.69, 9.17) is 14.6 Å². The van der Waals surface area contributed by atoms with E-state index >= 15 is 0 Å². The van der Waals surface area contributed by atoms with Gasteiger partial charge in [0.05, 0.1) is 13.2 Å². The number of aromatic hydroxyl groups is 2. The summed E-state index contributed by atoms with van der Waals surface area (Å²) in [4.78, 5) is 23.1. The number of Topliss-reactive ketones (excluding diaryl/α,β-unsaturated/α-hetero) is 2. The zero-order chi connectivity index (χ0) is 16.3. The third-order valence-corrected chi connectivity index (χ3v) is 3.26. The molecule has 1 aromatic rings. The zero-order valence-corrected chi connectivity index (χ0v) is 11.5. The van der Waals surface area contributed by atoms with Crippen molar-refractivity contribution in [3.05, 3.63) is 23.8 Å². The highest BCUT2D eigenvalue weighted by Crippen LogP contribution is 2.25. The van der Waals surface area contributed by atoms with E-state index in [0.717, 1.165) is 0 Å². The number of aliphatic hydroxyl groups excluding tert-OH is 2. The Kier molecular flexibility index (Phi) is 5.09. The molecule has 0 saturated carbocycles. The fourth-order valence-corrected chi connectivity index (χ4v) is 1.99. The Morgan fingerprint density at radius 3 is 2.50 bits per heavy atom. The van der Waals surface area contributed by atoms with Gasteiger partial charge < -0.3 is 29.9 Å². The quantitative estimate of drug-likeness (QED) is 0.396. The zero-order valence-electron chi connectivity index (χ0n) is 11.5. The van der Waals surface area contributed by atoms with Crippen molar-refractivity contribution in [2.24, 2.45) is 0 Å². The van der Waals surface area contributed by atoms with Crippen LogP contribution >= 0.6 is 0 Å². The van der Waals surface area contributed by atoms with Crippen LogP contribution in [0.5, 0.6) is 11.5 Å². The molecule has 3 unspecified atom stereocenters. The number of ether oxygens (including phenoxy) is 2. The number of ketones is 2. The van der Waals surface area contributed by atoms with Crippen molar-refractivity contribution in [2.75, 3.05) is 13.2 Å². The molecule has 3 atom stereocenters. The van der Waals surface area contributed by atoms with Gasteiger partial charge in [-0.2, -0.15) is 0 Å². The van der Waals surface area contributed by atoms with Crippen LogP contribution in [0.1, 0.15) is 5.56 Å². The van der Waals surface area contributed by atoms with E-state index < -0.39 is 36.7 Å². The molecule has 2 rings (SSSR count). The summed E-state index contributed by atoms with van der Waals surface area (Å²) < 4.78 is 10.2. The molecule has 0 amide bonds. The first-order valence-corrected chi connectivity index (χ1v) is 6.59.